The summed E-state index contributed by atoms with van der Waals surface area (Å²) in [6.45, 7) is 0.134. The van der Waals surface area contributed by atoms with Crippen LogP contribution in [0.15, 0.2) is 18.2 Å². The van der Waals surface area contributed by atoms with Gasteiger partial charge < -0.3 is 16.0 Å². The van der Waals surface area contributed by atoms with E-state index in [0.717, 1.165) is 12.8 Å². The van der Waals surface area contributed by atoms with Crippen LogP contribution in [0, 0.1) is 0 Å². The number of primary amides is 1. The monoisotopic (exact) mass is 323 g/mol. The first-order valence-electron chi connectivity index (χ1n) is 7.58. The van der Waals surface area contributed by atoms with Gasteiger partial charge in [0, 0.05) is 23.8 Å². The van der Waals surface area contributed by atoms with Gasteiger partial charge in [-0.2, -0.15) is 0 Å². The molecule has 1 aromatic carbocycles. The quantitative estimate of drug-likeness (QED) is 0.874. The average molecular weight is 324 g/mol. The molecule has 0 bridgehead atoms. The van der Waals surface area contributed by atoms with Crippen LogP contribution in [0.5, 0.6) is 0 Å². The minimum Gasteiger partial charge on any atom is -0.376 e. The van der Waals surface area contributed by atoms with Gasteiger partial charge in [0.25, 0.3) is 5.91 Å². The van der Waals surface area contributed by atoms with E-state index in [-0.39, 0.29) is 12.5 Å². The zero-order chi connectivity index (χ0) is 16.1. The fourth-order valence-electron chi connectivity index (χ4n) is 2.84. The Morgan fingerprint density at radius 3 is 2.64 bits per heavy atom. The Morgan fingerprint density at radius 1 is 1.32 bits per heavy atom. The highest BCUT2D eigenvalue weighted by Crippen LogP contribution is 2.22. The number of rotatable bonds is 5. The molecule has 0 aromatic heterocycles. The van der Waals surface area contributed by atoms with Gasteiger partial charge in [-0.3, -0.25) is 9.59 Å². The number of hydrogen-bond donors (Lipinski definition) is 2. The van der Waals surface area contributed by atoms with Crippen molar-refractivity contribution in [3.8, 4) is 0 Å². The van der Waals surface area contributed by atoms with Gasteiger partial charge in [-0.1, -0.05) is 30.9 Å². The number of amides is 2. The molecule has 22 heavy (non-hydrogen) atoms. The van der Waals surface area contributed by atoms with Crippen LogP contribution in [0.2, 0.25) is 5.02 Å². The van der Waals surface area contributed by atoms with Crippen molar-refractivity contribution in [2.24, 2.45) is 5.73 Å². The zero-order valence-corrected chi connectivity index (χ0v) is 13.5. The second-order valence-electron chi connectivity index (χ2n) is 5.70. The van der Waals surface area contributed by atoms with E-state index in [4.69, 9.17) is 17.3 Å². The van der Waals surface area contributed by atoms with E-state index >= 15 is 0 Å². The highest BCUT2D eigenvalue weighted by molar-refractivity contribution is 6.31. The molecule has 0 atom stereocenters. The van der Waals surface area contributed by atoms with Crippen molar-refractivity contribution in [1.29, 1.82) is 0 Å². The summed E-state index contributed by atoms with van der Waals surface area (Å²) in [6, 6.07) is 5.15. The van der Waals surface area contributed by atoms with E-state index in [9.17, 15) is 9.59 Å². The van der Waals surface area contributed by atoms with E-state index in [1.54, 1.807) is 12.1 Å². The highest BCUT2D eigenvalue weighted by atomic mass is 35.5. The molecule has 0 spiro atoms. The van der Waals surface area contributed by atoms with Crippen molar-refractivity contribution in [1.82, 2.24) is 4.90 Å². The Hall–Kier alpha value is -1.75. The summed E-state index contributed by atoms with van der Waals surface area (Å²) in [5.74, 6) is -0.560. The number of carbonyl (C=O) groups is 2. The Kier molecular flexibility index (Phi) is 5.66. The first-order chi connectivity index (χ1) is 10.5. The lowest BCUT2D eigenvalue weighted by molar-refractivity contribution is -0.130. The van der Waals surface area contributed by atoms with E-state index < -0.39 is 5.91 Å². The molecule has 0 aliphatic heterocycles. The van der Waals surface area contributed by atoms with Gasteiger partial charge >= 0.3 is 0 Å². The molecule has 0 saturated heterocycles. The molecule has 5 nitrogen and oxygen atoms in total. The van der Waals surface area contributed by atoms with Crippen LogP contribution in [0.4, 0.5) is 5.69 Å². The molecule has 0 radical (unpaired) electrons. The van der Waals surface area contributed by atoms with Crippen LogP contribution in [0.25, 0.3) is 0 Å². The minimum absolute atomic E-state index is 0.0114. The third kappa shape index (κ3) is 4.13. The zero-order valence-electron chi connectivity index (χ0n) is 12.8. The standard InChI is InChI=1S/C16H22ClN3O2/c1-20(12-5-3-2-4-6-12)15(21)10-19-14-8-7-11(17)9-13(14)16(18)22/h7-9,12,19H,2-6,10H2,1H3,(H2,18,22). The van der Waals surface area contributed by atoms with E-state index in [2.05, 4.69) is 5.32 Å². The predicted molar refractivity (Wildman–Crippen MR) is 88.1 cm³/mol. The third-order valence-electron chi connectivity index (χ3n) is 4.19. The second-order valence-corrected chi connectivity index (χ2v) is 6.14. The minimum atomic E-state index is -0.571. The Labute approximate surface area is 135 Å². The molecule has 1 aliphatic carbocycles. The molecule has 1 fully saturated rings. The van der Waals surface area contributed by atoms with Crippen LogP contribution in [-0.4, -0.2) is 36.3 Å². The summed E-state index contributed by atoms with van der Waals surface area (Å²) < 4.78 is 0. The van der Waals surface area contributed by atoms with Crippen molar-refractivity contribution in [3.63, 3.8) is 0 Å². The van der Waals surface area contributed by atoms with E-state index in [1.165, 1.54) is 25.3 Å². The van der Waals surface area contributed by atoms with Crippen LogP contribution in [0.1, 0.15) is 42.5 Å². The number of nitrogens with zero attached hydrogens (tertiary/aromatic N) is 1. The van der Waals surface area contributed by atoms with Gasteiger partial charge in [-0.15, -0.1) is 0 Å². The van der Waals surface area contributed by atoms with Crippen molar-refractivity contribution < 1.29 is 9.59 Å². The number of hydrogen-bond acceptors (Lipinski definition) is 3. The highest BCUT2D eigenvalue weighted by Gasteiger charge is 2.22. The summed E-state index contributed by atoms with van der Waals surface area (Å²) in [6.07, 6.45) is 5.74. The van der Waals surface area contributed by atoms with Crippen LogP contribution >= 0.6 is 11.6 Å². The molecular weight excluding hydrogens is 302 g/mol. The van der Waals surface area contributed by atoms with Gasteiger partial charge in [-0.25, -0.2) is 0 Å². The lowest BCUT2D eigenvalue weighted by atomic mass is 9.94. The maximum Gasteiger partial charge on any atom is 0.250 e. The molecule has 1 saturated carbocycles. The number of carbonyl (C=O) groups excluding carboxylic acids is 2. The summed E-state index contributed by atoms with van der Waals surface area (Å²) in [5.41, 5.74) is 6.16. The largest absolute Gasteiger partial charge is 0.376 e. The molecular formula is C16H22ClN3O2. The van der Waals surface area contributed by atoms with E-state index in [1.807, 2.05) is 11.9 Å². The molecule has 2 rings (SSSR count). The number of nitrogens with one attached hydrogen (secondary N) is 1. The number of halogens is 1. The lowest BCUT2D eigenvalue weighted by Crippen LogP contribution is -2.41. The third-order valence-corrected chi connectivity index (χ3v) is 4.43. The molecule has 0 heterocycles. The SMILES string of the molecule is CN(C(=O)CNc1ccc(Cl)cc1C(N)=O)C1CCCCC1. The van der Waals surface area contributed by atoms with Gasteiger partial charge in [0.1, 0.15) is 0 Å². The normalized spacial score (nSPS) is 15.4. The summed E-state index contributed by atoms with van der Waals surface area (Å²) in [4.78, 5) is 25.5. The number of nitrogens with two attached hydrogens (primary N) is 1. The average Bonchev–Trinajstić information content (AvgIpc) is 2.53. The first-order valence-corrected chi connectivity index (χ1v) is 7.95. The first kappa shape index (κ1) is 16.6. The topological polar surface area (TPSA) is 75.4 Å². The van der Waals surface area contributed by atoms with Gasteiger partial charge in [0.05, 0.1) is 12.1 Å². The molecule has 6 heteroatoms. The van der Waals surface area contributed by atoms with Crippen LogP contribution in [0.3, 0.4) is 0 Å². The molecule has 2 amide bonds. The molecule has 1 aliphatic rings. The summed E-state index contributed by atoms with van der Waals surface area (Å²) >= 11 is 5.86. The second kappa shape index (κ2) is 7.49. The van der Waals surface area contributed by atoms with Crippen molar-refractivity contribution in [3.05, 3.63) is 28.8 Å². The van der Waals surface area contributed by atoms with E-state index in [0.29, 0.717) is 22.3 Å². The fraction of sp³-hybridized carbons (Fsp3) is 0.500. The molecule has 1 aromatic rings. The Morgan fingerprint density at radius 2 is 2.00 bits per heavy atom. The van der Waals surface area contributed by atoms with Crippen molar-refractivity contribution >= 4 is 29.1 Å². The van der Waals surface area contributed by atoms with Gasteiger partial charge in [-0.05, 0) is 31.0 Å². The summed E-state index contributed by atoms with van der Waals surface area (Å²) in [5, 5.41) is 3.43. The number of likely N-dealkylation sites (N-methyl/N-ethyl adjacent to an activating group) is 1. The van der Waals surface area contributed by atoms with Gasteiger partial charge in [0.15, 0.2) is 0 Å². The Balaban J connectivity index is 1.97. The van der Waals surface area contributed by atoms with Crippen molar-refractivity contribution in [2.75, 3.05) is 18.9 Å². The number of anilines is 1. The number of benzene rings is 1. The maximum absolute atomic E-state index is 12.3. The maximum atomic E-state index is 12.3. The van der Waals surface area contributed by atoms with Crippen LogP contribution < -0.4 is 11.1 Å². The fourth-order valence-corrected chi connectivity index (χ4v) is 3.01. The van der Waals surface area contributed by atoms with Crippen LogP contribution in [-0.2, 0) is 4.79 Å². The van der Waals surface area contributed by atoms with Crippen molar-refractivity contribution in [2.45, 2.75) is 38.1 Å². The predicted octanol–water partition coefficient (Wildman–Crippen LogP) is 2.64. The molecule has 3 N–H and O–H groups in total. The lowest BCUT2D eigenvalue weighted by Gasteiger charge is -2.31. The molecule has 120 valence electrons. The Bertz CT molecular complexity index is 556. The summed E-state index contributed by atoms with van der Waals surface area (Å²) in [7, 11) is 1.84. The van der Waals surface area contributed by atoms with Gasteiger partial charge in [0.2, 0.25) is 5.91 Å². The smallest absolute Gasteiger partial charge is 0.250 e. The molecule has 0 unspecified atom stereocenters.